The molecule has 2 aliphatic heterocycles. The Kier molecular flexibility index (Phi) is 11.2. The lowest BCUT2D eigenvalue weighted by Gasteiger charge is -2.38. The van der Waals surface area contributed by atoms with Crippen LogP contribution in [0.15, 0.2) is 60.8 Å². The molecule has 2 aromatic rings. The number of hydrogen-bond acceptors (Lipinski definition) is 3. The molecular formula is C34H46F2N2O2. The molecule has 218 valence electrons. The van der Waals surface area contributed by atoms with Crippen LogP contribution in [-0.2, 0) is 4.74 Å². The van der Waals surface area contributed by atoms with E-state index in [0.29, 0.717) is 6.54 Å². The van der Waals surface area contributed by atoms with Gasteiger partial charge < -0.3 is 9.64 Å². The van der Waals surface area contributed by atoms with E-state index in [0.717, 1.165) is 75.0 Å². The molecule has 1 spiro atoms. The summed E-state index contributed by atoms with van der Waals surface area (Å²) >= 11 is 0. The van der Waals surface area contributed by atoms with E-state index < -0.39 is 5.60 Å². The van der Waals surface area contributed by atoms with Crippen molar-refractivity contribution in [3.63, 3.8) is 0 Å². The Morgan fingerprint density at radius 1 is 0.800 bits per heavy atom. The van der Waals surface area contributed by atoms with Crippen LogP contribution >= 0.6 is 0 Å². The molecule has 1 amide bonds. The van der Waals surface area contributed by atoms with Crippen molar-refractivity contribution >= 4 is 6.09 Å². The highest BCUT2D eigenvalue weighted by Crippen LogP contribution is 2.41. The second kappa shape index (κ2) is 14.8. The van der Waals surface area contributed by atoms with E-state index in [9.17, 15) is 13.6 Å². The third-order valence-corrected chi connectivity index (χ3v) is 8.77. The largest absolute Gasteiger partial charge is 0.436 e. The summed E-state index contributed by atoms with van der Waals surface area (Å²) in [6.07, 6.45) is 13.0. The fourth-order valence-corrected chi connectivity index (χ4v) is 6.23. The molecular weight excluding hydrogens is 506 g/mol. The first-order valence-corrected chi connectivity index (χ1v) is 15.3. The number of rotatable bonds is 15. The van der Waals surface area contributed by atoms with Gasteiger partial charge in [0, 0.05) is 38.4 Å². The first-order chi connectivity index (χ1) is 19.4. The molecule has 0 atom stereocenters. The SMILES string of the molecule is C=C1N(CCCCCCCCCC)C(=O)OC12CCN(CCCC(c1ccc(F)cc1)c1ccc(F)cc1)CC2. The monoisotopic (exact) mass is 552 g/mol. The molecule has 0 bridgehead atoms. The van der Waals surface area contributed by atoms with Crippen molar-refractivity contribution in [3.8, 4) is 0 Å². The molecule has 6 heteroatoms. The number of carbonyl (C=O) groups excluding carboxylic acids is 1. The number of piperidine rings is 1. The van der Waals surface area contributed by atoms with Gasteiger partial charge >= 0.3 is 6.09 Å². The normalized spacial score (nSPS) is 17.2. The summed E-state index contributed by atoms with van der Waals surface area (Å²) in [5.41, 5.74) is 2.36. The average molecular weight is 553 g/mol. The molecule has 2 aromatic carbocycles. The highest BCUT2D eigenvalue weighted by Gasteiger charge is 2.50. The molecule has 40 heavy (non-hydrogen) atoms. The van der Waals surface area contributed by atoms with Crippen molar-refractivity contribution in [3.05, 3.63) is 83.6 Å². The highest BCUT2D eigenvalue weighted by atomic mass is 19.1. The van der Waals surface area contributed by atoms with Crippen LogP contribution in [0.25, 0.3) is 0 Å². The predicted octanol–water partition coefficient (Wildman–Crippen LogP) is 8.82. The van der Waals surface area contributed by atoms with Gasteiger partial charge in [-0.25, -0.2) is 13.6 Å². The molecule has 0 radical (unpaired) electrons. The van der Waals surface area contributed by atoms with Crippen LogP contribution in [0.5, 0.6) is 0 Å². The van der Waals surface area contributed by atoms with Crippen LogP contribution in [0.2, 0.25) is 0 Å². The molecule has 0 aromatic heterocycles. The Hall–Kier alpha value is -2.73. The van der Waals surface area contributed by atoms with E-state index >= 15 is 0 Å². The van der Waals surface area contributed by atoms with Crippen LogP contribution in [0.4, 0.5) is 13.6 Å². The first kappa shape index (κ1) is 30.2. The summed E-state index contributed by atoms with van der Waals surface area (Å²) in [4.78, 5) is 16.9. The summed E-state index contributed by atoms with van der Waals surface area (Å²) in [6, 6.07) is 13.3. The molecule has 4 nitrogen and oxygen atoms in total. The van der Waals surface area contributed by atoms with E-state index in [4.69, 9.17) is 4.74 Å². The van der Waals surface area contributed by atoms with Crippen molar-refractivity contribution in [1.29, 1.82) is 0 Å². The average Bonchev–Trinajstić information content (AvgIpc) is 3.18. The summed E-state index contributed by atoms with van der Waals surface area (Å²) in [5, 5.41) is 0. The van der Waals surface area contributed by atoms with Crippen LogP contribution in [0.1, 0.15) is 101 Å². The lowest BCUT2D eigenvalue weighted by Crippen LogP contribution is -2.45. The number of benzene rings is 2. The van der Waals surface area contributed by atoms with Gasteiger partial charge in [-0.3, -0.25) is 4.90 Å². The standard InChI is InChI=1S/C34H46F2N2O2/c1-3-4-5-6-7-8-9-10-24-38-27(2)34(40-33(38)39)21-25-37(26-22-34)23-11-12-32(28-13-17-30(35)18-14-28)29-15-19-31(36)20-16-29/h13-20,32H,2-12,21-26H2,1H3. The Morgan fingerprint density at radius 2 is 1.32 bits per heavy atom. The van der Waals surface area contributed by atoms with Crippen molar-refractivity contribution in [2.45, 2.75) is 95.5 Å². The lowest BCUT2D eigenvalue weighted by molar-refractivity contribution is 0.0143. The number of amides is 1. The zero-order valence-corrected chi connectivity index (χ0v) is 24.2. The number of halogens is 2. The van der Waals surface area contributed by atoms with Gasteiger partial charge in [0.2, 0.25) is 0 Å². The number of likely N-dealkylation sites (tertiary alicyclic amines) is 1. The van der Waals surface area contributed by atoms with Gasteiger partial charge in [0.05, 0.1) is 5.70 Å². The van der Waals surface area contributed by atoms with E-state index in [-0.39, 0.29) is 23.6 Å². The number of unbranched alkanes of at least 4 members (excludes halogenated alkanes) is 7. The van der Waals surface area contributed by atoms with E-state index in [1.165, 1.54) is 62.8 Å². The maximum absolute atomic E-state index is 13.5. The summed E-state index contributed by atoms with van der Waals surface area (Å²) in [5.74, 6) is -0.429. The quantitative estimate of drug-likeness (QED) is 0.207. The molecule has 0 N–H and O–H groups in total. The Balaban J connectivity index is 1.22. The minimum atomic E-state index is -0.557. The van der Waals surface area contributed by atoms with E-state index in [2.05, 4.69) is 18.4 Å². The van der Waals surface area contributed by atoms with Crippen LogP contribution in [-0.4, -0.2) is 47.7 Å². The number of hydrogen-bond donors (Lipinski definition) is 0. The molecule has 2 heterocycles. The fraction of sp³-hybridized carbons (Fsp3) is 0.559. The van der Waals surface area contributed by atoms with Crippen molar-refractivity contribution in [2.75, 3.05) is 26.2 Å². The van der Waals surface area contributed by atoms with Gasteiger partial charge in [-0.15, -0.1) is 0 Å². The zero-order valence-electron chi connectivity index (χ0n) is 24.2. The van der Waals surface area contributed by atoms with Crippen LogP contribution < -0.4 is 0 Å². The minimum absolute atomic E-state index is 0.0813. The molecule has 0 aliphatic carbocycles. The number of nitrogens with zero attached hydrogens (tertiary/aromatic N) is 2. The second-order valence-corrected chi connectivity index (χ2v) is 11.6. The smallest absolute Gasteiger partial charge is 0.415 e. The third-order valence-electron chi connectivity index (χ3n) is 8.77. The van der Waals surface area contributed by atoms with Crippen LogP contribution in [0.3, 0.4) is 0 Å². The Labute approximate surface area is 239 Å². The zero-order chi connectivity index (χ0) is 28.4. The van der Waals surface area contributed by atoms with Gasteiger partial charge in [-0.2, -0.15) is 0 Å². The third kappa shape index (κ3) is 7.93. The van der Waals surface area contributed by atoms with Gasteiger partial charge in [-0.1, -0.05) is 82.7 Å². The van der Waals surface area contributed by atoms with Gasteiger partial charge in [0.25, 0.3) is 0 Å². The molecule has 0 unspecified atom stereocenters. The molecule has 2 aliphatic rings. The van der Waals surface area contributed by atoms with Gasteiger partial charge in [0.1, 0.15) is 11.6 Å². The van der Waals surface area contributed by atoms with Gasteiger partial charge in [0.15, 0.2) is 5.60 Å². The van der Waals surface area contributed by atoms with E-state index in [1.807, 2.05) is 24.3 Å². The molecule has 2 fully saturated rings. The maximum atomic E-state index is 13.5. The van der Waals surface area contributed by atoms with Crippen LogP contribution in [0, 0.1) is 11.6 Å². The Morgan fingerprint density at radius 3 is 1.88 bits per heavy atom. The highest BCUT2D eigenvalue weighted by molar-refractivity contribution is 5.75. The van der Waals surface area contributed by atoms with Crippen molar-refractivity contribution < 1.29 is 18.3 Å². The topological polar surface area (TPSA) is 32.8 Å². The lowest BCUT2D eigenvalue weighted by atomic mass is 9.86. The van der Waals surface area contributed by atoms with Gasteiger partial charge in [-0.05, 0) is 61.2 Å². The summed E-state index contributed by atoms with van der Waals surface area (Å²) in [7, 11) is 0. The molecule has 4 rings (SSSR count). The maximum Gasteiger partial charge on any atom is 0.415 e. The first-order valence-electron chi connectivity index (χ1n) is 15.3. The number of ether oxygens (including phenoxy) is 1. The second-order valence-electron chi connectivity index (χ2n) is 11.6. The fourth-order valence-electron chi connectivity index (χ4n) is 6.23. The summed E-state index contributed by atoms with van der Waals surface area (Å²) < 4.78 is 33.1. The Bertz CT molecular complexity index is 1030. The van der Waals surface area contributed by atoms with E-state index in [1.54, 1.807) is 4.90 Å². The predicted molar refractivity (Wildman–Crippen MR) is 157 cm³/mol. The van der Waals surface area contributed by atoms with Crippen molar-refractivity contribution in [1.82, 2.24) is 9.80 Å². The van der Waals surface area contributed by atoms with Crippen molar-refractivity contribution in [2.24, 2.45) is 0 Å². The minimum Gasteiger partial charge on any atom is -0.436 e. The number of carbonyl (C=O) groups is 1. The molecule has 0 saturated carbocycles. The summed E-state index contributed by atoms with van der Waals surface area (Å²) in [6.45, 7) is 9.89. The molecule has 2 saturated heterocycles.